The third-order valence-corrected chi connectivity index (χ3v) is 4.20. The topological polar surface area (TPSA) is 29.3 Å². The molecule has 3 atom stereocenters. The van der Waals surface area contributed by atoms with E-state index in [9.17, 15) is 8.78 Å². The Labute approximate surface area is 113 Å². The molecule has 4 heteroatoms. The summed E-state index contributed by atoms with van der Waals surface area (Å²) in [5.41, 5.74) is 6.26. The van der Waals surface area contributed by atoms with Crippen molar-refractivity contribution in [2.24, 2.45) is 17.6 Å². The van der Waals surface area contributed by atoms with Crippen molar-refractivity contribution in [1.29, 1.82) is 0 Å². The molecule has 106 valence electrons. The van der Waals surface area contributed by atoms with E-state index in [2.05, 4.69) is 18.7 Å². The van der Waals surface area contributed by atoms with E-state index in [1.54, 1.807) is 6.07 Å². The molecule has 3 unspecified atom stereocenters. The van der Waals surface area contributed by atoms with Crippen LogP contribution in [0.3, 0.4) is 0 Å². The van der Waals surface area contributed by atoms with Gasteiger partial charge in [0, 0.05) is 24.7 Å². The lowest BCUT2D eigenvalue weighted by Gasteiger charge is -2.19. The molecular weight excluding hydrogens is 246 g/mol. The van der Waals surface area contributed by atoms with E-state index < -0.39 is 17.7 Å². The quantitative estimate of drug-likeness (QED) is 0.909. The number of benzene rings is 1. The zero-order valence-corrected chi connectivity index (χ0v) is 11.6. The highest BCUT2D eigenvalue weighted by Crippen LogP contribution is 2.24. The molecule has 1 fully saturated rings. The van der Waals surface area contributed by atoms with Crippen LogP contribution in [0.25, 0.3) is 0 Å². The lowest BCUT2D eigenvalue weighted by Crippen LogP contribution is -2.26. The van der Waals surface area contributed by atoms with Crippen molar-refractivity contribution in [1.82, 2.24) is 4.90 Å². The molecule has 0 amide bonds. The van der Waals surface area contributed by atoms with Crippen LogP contribution in [0.5, 0.6) is 0 Å². The van der Waals surface area contributed by atoms with Crippen molar-refractivity contribution in [3.05, 3.63) is 35.4 Å². The first-order valence-corrected chi connectivity index (χ1v) is 6.91. The Kier molecular flexibility index (Phi) is 4.53. The Morgan fingerprint density at radius 1 is 1.26 bits per heavy atom. The van der Waals surface area contributed by atoms with Gasteiger partial charge in [-0.2, -0.15) is 0 Å². The number of nitrogens with zero attached hydrogens (tertiary/aromatic N) is 1. The monoisotopic (exact) mass is 268 g/mol. The molecule has 0 aliphatic carbocycles. The van der Waals surface area contributed by atoms with Gasteiger partial charge in [-0.05, 0) is 30.9 Å². The number of hydrogen-bond acceptors (Lipinski definition) is 2. The first-order chi connectivity index (χ1) is 8.99. The summed E-state index contributed by atoms with van der Waals surface area (Å²) in [7, 11) is 0. The summed E-state index contributed by atoms with van der Waals surface area (Å²) in [4.78, 5) is 2.35. The van der Waals surface area contributed by atoms with Crippen LogP contribution in [0.15, 0.2) is 18.2 Å². The maximum atomic E-state index is 13.6. The molecule has 0 aromatic heterocycles. The molecule has 19 heavy (non-hydrogen) atoms. The molecule has 0 spiro atoms. The van der Waals surface area contributed by atoms with Gasteiger partial charge in [0.2, 0.25) is 0 Å². The standard InChI is InChI=1S/C15H22F2N2/c1-10-8-19(9-11(10)2)7-6-14(18)12-4-3-5-13(16)15(12)17/h3-5,10-11,14H,6-9,18H2,1-2H3. The second-order valence-corrected chi connectivity index (χ2v) is 5.75. The number of hydrogen-bond donors (Lipinski definition) is 1. The molecule has 1 aliphatic heterocycles. The van der Waals surface area contributed by atoms with Gasteiger partial charge in [-0.1, -0.05) is 26.0 Å². The summed E-state index contributed by atoms with van der Waals surface area (Å²) in [6.07, 6.45) is 0.653. The molecular formula is C15H22F2N2. The van der Waals surface area contributed by atoms with Gasteiger partial charge in [-0.3, -0.25) is 0 Å². The van der Waals surface area contributed by atoms with E-state index in [1.807, 2.05) is 0 Å². The zero-order chi connectivity index (χ0) is 14.0. The zero-order valence-electron chi connectivity index (χ0n) is 11.6. The summed E-state index contributed by atoms with van der Waals surface area (Å²) < 4.78 is 26.8. The Morgan fingerprint density at radius 3 is 2.53 bits per heavy atom. The van der Waals surface area contributed by atoms with Gasteiger partial charge in [0.25, 0.3) is 0 Å². The fourth-order valence-corrected chi connectivity index (χ4v) is 2.72. The van der Waals surface area contributed by atoms with E-state index >= 15 is 0 Å². The van der Waals surface area contributed by atoms with Crippen molar-refractivity contribution in [2.75, 3.05) is 19.6 Å². The van der Waals surface area contributed by atoms with Gasteiger partial charge in [-0.15, -0.1) is 0 Å². The molecule has 0 radical (unpaired) electrons. The highest BCUT2D eigenvalue weighted by Gasteiger charge is 2.26. The molecule has 0 bridgehead atoms. The number of likely N-dealkylation sites (tertiary alicyclic amines) is 1. The molecule has 1 aromatic carbocycles. The van der Waals surface area contributed by atoms with E-state index in [4.69, 9.17) is 5.73 Å². The molecule has 2 rings (SSSR count). The first kappa shape index (κ1) is 14.4. The minimum Gasteiger partial charge on any atom is -0.324 e. The van der Waals surface area contributed by atoms with Crippen LogP contribution < -0.4 is 5.73 Å². The molecule has 0 saturated carbocycles. The minimum absolute atomic E-state index is 0.278. The lowest BCUT2D eigenvalue weighted by molar-refractivity contribution is 0.307. The molecule has 1 saturated heterocycles. The predicted octanol–water partition coefficient (Wildman–Crippen LogP) is 2.94. The van der Waals surface area contributed by atoms with Gasteiger partial charge in [0.1, 0.15) is 0 Å². The van der Waals surface area contributed by atoms with Crippen LogP contribution in [-0.4, -0.2) is 24.5 Å². The first-order valence-electron chi connectivity index (χ1n) is 6.91. The normalized spacial score (nSPS) is 25.7. The number of rotatable bonds is 4. The molecule has 2 nitrogen and oxygen atoms in total. The lowest BCUT2D eigenvalue weighted by atomic mass is 10.0. The summed E-state index contributed by atoms with van der Waals surface area (Å²) in [5, 5.41) is 0. The Bertz CT molecular complexity index is 426. The summed E-state index contributed by atoms with van der Waals surface area (Å²) in [6.45, 7) is 7.47. The van der Waals surface area contributed by atoms with Crippen molar-refractivity contribution >= 4 is 0 Å². The van der Waals surface area contributed by atoms with E-state index in [1.165, 1.54) is 6.07 Å². The van der Waals surface area contributed by atoms with Crippen LogP contribution in [0.1, 0.15) is 31.9 Å². The van der Waals surface area contributed by atoms with Crippen LogP contribution in [-0.2, 0) is 0 Å². The van der Waals surface area contributed by atoms with Crippen LogP contribution in [0.2, 0.25) is 0 Å². The number of halogens is 2. The third-order valence-electron chi connectivity index (χ3n) is 4.20. The fourth-order valence-electron chi connectivity index (χ4n) is 2.72. The van der Waals surface area contributed by atoms with Crippen molar-refractivity contribution < 1.29 is 8.78 Å². The Morgan fingerprint density at radius 2 is 1.89 bits per heavy atom. The SMILES string of the molecule is CC1CN(CCC(N)c2cccc(F)c2F)CC1C. The second kappa shape index (κ2) is 5.97. The predicted molar refractivity (Wildman–Crippen MR) is 72.7 cm³/mol. The van der Waals surface area contributed by atoms with Crippen LogP contribution in [0.4, 0.5) is 8.78 Å². The minimum atomic E-state index is -0.823. The Hall–Kier alpha value is -1.00. The van der Waals surface area contributed by atoms with E-state index in [0.29, 0.717) is 18.3 Å². The molecule has 1 heterocycles. The number of nitrogens with two attached hydrogens (primary N) is 1. The van der Waals surface area contributed by atoms with Crippen LogP contribution in [0, 0.1) is 23.5 Å². The molecule has 2 N–H and O–H groups in total. The van der Waals surface area contributed by atoms with Gasteiger partial charge in [0.15, 0.2) is 11.6 Å². The summed E-state index contributed by atoms with van der Waals surface area (Å²) in [6, 6.07) is 3.75. The molecule has 1 aliphatic rings. The highest BCUT2D eigenvalue weighted by molar-refractivity contribution is 5.22. The molecule has 1 aromatic rings. The van der Waals surface area contributed by atoms with Crippen molar-refractivity contribution in [2.45, 2.75) is 26.3 Å². The second-order valence-electron chi connectivity index (χ2n) is 5.75. The average molecular weight is 268 g/mol. The maximum absolute atomic E-state index is 13.6. The fraction of sp³-hybridized carbons (Fsp3) is 0.600. The van der Waals surface area contributed by atoms with Gasteiger partial charge >= 0.3 is 0 Å². The maximum Gasteiger partial charge on any atom is 0.163 e. The van der Waals surface area contributed by atoms with Crippen molar-refractivity contribution in [3.63, 3.8) is 0 Å². The average Bonchev–Trinajstić information content (AvgIpc) is 2.69. The van der Waals surface area contributed by atoms with Gasteiger partial charge < -0.3 is 10.6 Å². The van der Waals surface area contributed by atoms with Crippen LogP contribution >= 0.6 is 0 Å². The summed E-state index contributed by atoms with van der Waals surface area (Å²) >= 11 is 0. The van der Waals surface area contributed by atoms with E-state index in [0.717, 1.165) is 25.7 Å². The summed E-state index contributed by atoms with van der Waals surface area (Å²) in [5.74, 6) is -0.237. The van der Waals surface area contributed by atoms with E-state index in [-0.39, 0.29) is 5.56 Å². The third kappa shape index (κ3) is 3.31. The van der Waals surface area contributed by atoms with Gasteiger partial charge in [0.05, 0.1) is 0 Å². The Balaban J connectivity index is 1.91. The smallest absolute Gasteiger partial charge is 0.163 e. The van der Waals surface area contributed by atoms with Crippen molar-refractivity contribution in [3.8, 4) is 0 Å². The largest absolute Gasteiger partial charge is 0.324 e. The van der Waals surface area contributed by atoms with Gasteiger partial charge in [-0.25, -0.2) is 8.78 Å². The highest BCUT2D eigenvalue weighted by atomic mass is 19.2.